The number of likely N-dealkylation sites (N-methyl/N-ethyl adjacent to an activating group) is 1. The second kappa shape index (κ2) is 5.77. The van der Waals surface area contributed by atoms with Gasteiger partial charge in [-0.1, -0.05) is 6.92 Å². The Labute approximate surface area is 114 Å². The summed E-state index contributed by atoms with van der Waals surface area (Å²) in [6.07, 6.45) is 1.46. The molecule has 0 radical (unpaired) electrons. The van der Waals surface area contributed by atoms with E-state index in [1.54, 1.807) is 9.80 Å². The van der Waals surface area contributed by atoms with Crippen LogP contribution in [0.1, 0.15) is 19.8 Å². The molecule has 2 heterocycles. The van der Waals surface area contributed by atoms with Crippen LogP contribution in [-0.4, -0.2) is 77.6 Å². The number of piperidine rings is 1. The van der Waals surface area contributed by atoms with Crippen LogP contribution >= 0.6 is 0 Å². The topological polar surface area (TPSA) is 64.1 Å². The number of hydrogen-bond donors (Lipinski definition) is 1. The average Bonchev–Trinajstić information content (AvgIpc) is 2.38. The van der Waals surface area contributed by atoms with Gasteiger partial charge in [0, 0.05) is 32.7 Å². The van der Waals surface area contributed by atoms with Crippen LogP contribution in [0.3, 0.4) is 0 Å². The van der Waals surface area contributed by atoms with E-state index in [0.29, 0.717) is 32.0 Å². The molecule has 0 aromatic heterocycles. The quantitative estimate of drug-likeness (QED) is 0.754. The summed E-state index contributed by atoms with van der Waals surface area (Å²) >= 11 is 0. The Morgan fingerprint density at radius 1 is 1.11 bits per heavy atom. The fourth-order valence-electron chi connectivity index (χ4n) is 2.78. The van der Waals surface area contributed by atoms with Crippen molar-refractivity contribution in [3.63, 3.8) is 0 Å². The van der Waals surface area contributed by atoms with Crippen LogP contribution in [0, 0.1) is 5.92 Å². The van der Waals surface area contributed by atoms with Crippen LogP contribution < -0.4 is 0 Å². The number of likely N-dealkylation sites (tertiary alicyclic amines) is 1. The lowest BCUT2D eigenvalue weighted by Crippen LogP contribution is -2.57. The van der Waals surface area contributed by atoms with Crippen LogP contribution in [0.4, 0.5) is 4.79 Å². The van der Waals surface area contributed by atoms with E-state index in [4.69, 9.17) is 0 Å². The fraction of sp³-hybridized carbons (Fsp3) is 0.846. The predicted octanol–water partition coefficient (Wildman–Crippen LogP) is 0.539. The minimum Gasteiger partial charge on any atom is -0.480 e. The second-order valence-electron chi connectivity index (χ2n) is 5.75. The van der Waals surface area contributed by atoms with E-state index in [-0.39, 0.29) is 6.03 Å². The standard InChI is InChI=1S/C13H23N3O3/c1-10-3-4-16(11(9-10)12(17)18)13(19)15-7-5-14(2)6-8-15/h10-11H,3-9H2,1-2H3,(H,17,18). The number of urea groups is 1. The van der Waals surface area contributed by atoms with E-state index < -0.39 is 12.0 Å². The van der Waals surface area contributed by atoms with Crippen molar-refractivity contribution in [1.82, 2.24) is 14.7 Å². The van der Waals surface area contributed by atoms with Crippen LogP contribution in [0.25, 0.3) is 0 Å². The smallest absolute Gasteiger partial charge is 0.326 e. The number of amides is 2. The van der Waals surface area contributed by atoms with Gasteiger partial charge in [-0.25, -0.2) is 9.59 Å². The number of aliphatic carboxylic acids is 1. The molecule has 0 aliphatic carbocycles. The number of rotatable bonds is 1. The van der Waals surface area contributed by atoms with Gasteiger partial charge in [-0.05, 0) is 25.8 Å². The van der Waals surface area contributed by atoms with Crippen molar-refractivity contribution in [3.05, 3.63) is 0 Å². The average molecular weight is 269 g/mol. The molecule has 2 aliphatic heterocycles. The lowest BCUT2D eigenvalue weighted by molar-refractivity contribution is -0.144. The van der Waals surface area contributed by atoms with E-state index in [1.807, 2.05) is 14.0 Å². The maximum absolute atomic E-state index is 12.5. The highest BCUT2D eigenvalue weighted by molar-refractivity contribution is 5.83. The zero-order valence-electron chi connectivity index (χ0n) is 11.7. The third-order valence-corrected chi connectivity index (χ3v) is 4.17. The molecular weight excluding hydrogens is 246 g/mol. The van der Waals surface area contributed by atoms with Gasteiger partial charge in [-0.2, -0.15) is 0 Å². The molecule has 2 unspecified atom stereocenters. The van der Waals surface area contributed by atoms with Gasteiger partial charge in [0.25, 0.3) is 0 Å². The highest BCUT2D eigenvalue weighted by Crippen LogP contribution is 2.24. The lowest BCUT2D eigenvalue weighted by atomic mass is 9.92. The molecule has 0 saturated carbocycles. The van der Waals surface area contributed by atoms with Crippen molar-refractivity contribution in [2.75, 3.05) is 39.8 Å². The van der Waals surface area contributed by atoms with Gasteiger partial charge in [-0.3, -0.25) is 0 Å². The Balaban J connectivity index is 2.02. The van der Waals surface area contributed by atoms with Crippen molar-refractivity contribution in [2.45, 2.75) is 25.8 Å². The molecule has 0 aromatic carbocycles. The Hall–Kier alpha value is -1.30. The third-order valence-electron chi connectivity index (χ3n) is 4.17. The van der Waals surface area contributed by atoms with E-state index in [1.165, 1.54) is 0 Å². The molecule has 2 amide bonds. The summed E-state index contributed by atoms with van der Waals surface area (Å²) in [5, 5.41) is 9.30. The number of piperazine rings is 1. The Morgan fingerprint density at radius 2 is 1.74 bits per heavy atom. The molecule has 6 heteroatoms. The van der Waals surface area contributed by atoms with Gasteiger partial charge in [0.2, 0.25) is 0 Å². The van der Waals surface area contributed by atoms with Crippen LogP contribution in [-0.2, 0) is 4.79 Å². The summed E-state index contributed by atoms with van der Waals surface area (Å²) in [4.78, 5) is 29.3. The maximum atomic E-state index is 12.5. The Bertz CT molecular complexity index is 353. The molecule has 6 nitrogen and oxygen atoms in total. The number of carboxylic acid groups (broad SMARTS) is 1. The first-order valence-corrected chi connectivity index (χ1v) is 6.96. The molecule has 0 bridgehead atoms. The van der Waals surface area contributed by atoms with Crippen LogP contribution in [0.15, 0.2) is 0 Å². The van der Waals surface area contributed by atoms with Gasteiger partial charge in [0.05, 0.1) is 0 Å². The molecular formula is C13H23N3O3. The molecule has 2 aliphatic rings. The van der Waals surface area contributed by atoms with E-state index in [9.17, 15) is 14.7 Å². The summed E-state index contributed by atoms with van der Waals surface area (Å²) in [5.74, 6) is -0.508. The van der Waals surface area contributed by atoms with Crippen LogP contribution in [0.5, 0.6) is 0 Å². The van der Waals surface area contributed by atoms with Gasteiger partial charge in [0.1, 0.15) is 6.04 Å². The number of carbonyl (C=O) groups is 2. The highest BCUT2D eigenvalue weighted by Gasteiger charge is 2.37. The van der Waals surface area contributed by atoms with Crippen molar-refractivity contribution in [1.29, 1.82) is 0 Å². The monoisotopic (exact) mass is 269 g/mol. The molecule has 1 N–H and O–H groups in total. The molecule has 2 saturated heterocycles. The largest absolute Gasteiger partial charge is 0.480 e. The minimum atomic E-state index is -0.881. The molecule has 0 aromatic rings. The second-order valence-corrected chi connectivity index (χ2v) is 5.75. The number of carbonyl (C=O) groups excluding carboxylic acids is 1. The summed E-state index contributed by atoms with van der Waals surface area (Å²) in [6, 6.07) is -0.761. The highest BCUT2D eigenvalue weighted by atomic mass is 16.4. The lowest BCUT2D eigenvalue weighted by Gasteiger charge is -2.41. The van der Waals surface area contributed by atoms with Crippen molar-refractivity contribution < 1.29 is 14.7 Å². The zero-order chi connectivity index (χ0) is 14.0. The van der Waals surface area contributed by atoms with Crippen molar-refractivity contribution >= 4 is 12.0 Å². The molecule has 19 heavy (non-hydrogen) atoms. The summed E-state index contributed by atoms with van der Waals surface area (Å²) < 4.78 is 0. The minimum absolute atomic E-state index is 0.104. The van der Waals surface area contributed by atoms with E-state index in [2.05, 4.69) is 4.90 Å². The molecule has 2 fully saturated rings. The fourth-order valence-corrected chi connectivity index (χ4v) is 2.78. The van der Waals surface area contributed by atoms with Crippen molar-refractivity contribution in [2.24, 2.45) is 5.92 Å². The number of hydrogen-bond acceptors (Lipinski definition) is 3. The molecule has 2 atom stereocenters. The van der Waals surface area contributed by atoms with Gasteiger partial charge in [-0.15, -0.1) is 0 Å². The predicted molar refractivity (Wildman–Crippen MR) is 71.0 cm³/mol. The van der Waals surface area contributed by atoms with Gasteiger partial charge in [0.15, 0.2) is 0 Å². The number of carboxylic acids is 1. The normalized spacial score (nSPS) is 29.4. The molecule has 2 rings (SSSR count). The maximum Gasteiger partial charge on any atom is 0.326 e. The summed E-state index contributed by atoms with van der Waals surface area (Å²) in [5.41, 5.74) is 0. The van der Waals surface area contributed by atoms with E-state index in [0.717, 1.165) is 19.5 Å². The Kier molecular flexibility index (Phi) is 4.29. The van der Waals surface area contributed by atoms with Crippen LogP contribution in [0.2, 0.25) is 0 Å². The van der Waals surface area contributed by atoms with Gasteiger partial charge >= 0.3 is 12.0 Å². The van der Waals surface area contributed by atoms with E-state index >= 15 is 0 Å². The first-order chi connectivity index (χ1) is 8.99. The number of nitrogens with zero attached hydrogens (tertiary/aromatic N) is 3. The van der Waals surface area contributed by atoms with Crippen molar-refractivity contribution in [3.8, 4) is 0 Å². The summed E-state index contributed by atoms with van der Waals surface area (Å²) in [7, 11) is 2.03. The zero-order valence-corrected chi connectivity index (χ0v) is 11.7. The third kappa shape index (κ3) is 3.18. The Morgan fingerprint density at radius 3 is 2.32 bits per heavy atom. The summed E-state index contributed by atoms with van der Waals surface area (Å²) in [6.45, 7) is 5.69. The van der Waals surface area contributed by atoms with Gasteiger partial charge < -0.3 is 19.8 Å². The first-order valence-electron chi connectivity index (χ1n) is 6.96. The molecule has 0 spiro atoms. The molecule has 108 valence electrons. The SMILES string of the molecule is CC1CCN(C(=O)N2CCN(C)CC2)C(C(=O)O)C1. The first kappa shape index (κ1) is 14.1.